The second-order valence-electron chi connectivity index (χ2n) is 5.95. The fraction of sp³-hybridized carbons (Fsp3) is 0.278. The van der Waals surface area contributed by atoms with Gasteiger partial charge >= 0.3 is 0 Å². The van der Waals surface area contributed by atoms with Gasteiger partial charge in [0.15, 0.2) is 0 Å². The van der Waals surface area contributed by atoms with Crippen molar-refractivity contribution in [1.82, 2.24) is 0 Å². The molecule has 2 aromatic carbocycles. The highest BCUT2D eigenvalue weighted by Crippen LogP contribution is 2.34. The minimum absolute atomic E-state index is 0.0284. The molecule has 1 N–H and O–H groups in total. The summed E-state index contributed by atoms with van der Waals surface area (Å²) >= 11 is 0. The summed E-state index contributed by atoms with van der Waals surface area (Å²) in [6.45, 7) is 2.49. The van der Waals surface area contributed by atoms with Crippen LogP contribution in [0, 0.1) is 6.92 Å². The SMILES string of the molecule is COc1ccc(S(=O)(=O)Nc2ccc(C)cc2)cc1N1CCCC1=O. The Balaban J connectivity index is 1.95. The summed E-state index contributed by atoms with van der Waals surface area (Å²) in [5.74, 6) is 0.448. The molecule has 0 spiro atoms. The number of benzene rings is 2. The van der Waals surface area contributed by atoms with Gasteiger partial charge in [0, 0.05) is 18.7 Å². The number of nitrogens with zero attached hydrogens (tertiary/aromatic N) is 1. The van der Waals surface area contributed by atoms with Crippen molar-refractivity contribution in [3.63, 3.8) is 0 Å². The molecule has 0 saturated carbocycles. The summed E-state index contributed by atoms with van der Waals surface area (Å²) in [6, 6.07) is 11.6. The van der Waals surface area contributed by atoms with E-state index < -0.39 is 10.0 Å². The molecule has 1 fully saturated rings. The minimum atomic E-state index is -3.76. The average Bonchev–Trinajstić information content (AvgIpc) is 3.02. The van der Waals surface area contributed by atoms with Gasteiger partial charge in [-0.2, -0.15) is 0 Å². The highest BCUT2D eigenvalue weighted by Gasteiger charge is 2.26. The topological polar surface area (TPSA) is 75.7 Å². The Hall–Kier alpha value is -2.54. The van der Waals surface area contributed by atoms with E-state index in [2.05, 4.69) is 4.72 Å². The van der Waals surface area contributed by atoms with E-state index in [0.29, 0.717) is 30.1 Å². The lowest BCUT2D eigenvalue weighted by Gasteiger charge is -2.20. The number of aryl methyl sites for hydroxylation is 1. The van der Waals surface area contributed by atoms with E-state index >= 15 is 0 Å². The van der Waals surface area contributed by atoms with Gasteiger partial charge in [0.05, 0.1) is 17.7 Å². The van der Waals surface area contributed by atoms with E-state index in [4.69, 9.17) is 4.74 Å². The molecule has 6 nitrogen and oxygen atoms in total. The molecule has 132 valence electrons. The first kappa shape index (κ1) is 17.3. The highest BCUT2D eigenvalue weighted by molar-refractivity contribution is 7.92. The fourth-order valence-electron chi connectivity index (χ4n) is 2.79. The van der Waals surface area contributed by atoms with Crippen LogP contribution in [0.2, 0.25) is 0 Å². The number of methoxy groups -OCH3 is 1. The number of anilines is 2. The molecule has 25 heavy (non-hydrogen) atoms. The van der Waals surface area contributed by atoms with Crippen LogP contribution in [0.3, 0.4) is 0 Å². The molecule has 3 rings (SSSR count). The van der Waals surface area contributed by atoms with Crippen molar-refractivity contribution < 1.29 is 17.9 Å². The van der Waals surface area contributed by atoms with E-state index in [-0.39, 0.29) is 10.8 Å². The molecule has 7 heteroatoms. The molecule has 1 amide bonds. The lowest BCUT2D eigenvalue weighted by Crippen LogP contribution is -2.24. The maximum atomic E-state index is 12.7. The molecule has 0 atom stereocenters. The Bertz CT molecular complexity index is 892. The van der Waals surface area contributed by atoms with Gasteiger partial charge in [-0.3, -0.25) is 9.52 Å². The lowest BCUT2D eigenvalue weighted by molar-refractivity contribution is -0.117. The normalized spacial score (nSPS) is 14.6. The van der Waals surface area contributed by atoms with E-state index in [1.807, 2.05) is 19.1 Å². The van der Waals surface area contributed by atoms with Crippen molar-refractivity contribution in [3.8, 4) is 5.75 Å². The third-order valence-electron chi connectivity index (χ3n) is 4.13. The number of hydrogen-bond acceptors (Lipinski definition) is 4. The largest absolute Gasteiger partial charge is 0.495 e. The Morgan fingerprint density at radius 1 is 1.12 bits per heavy atom. The van der Waals surface area contributed by atoms with Crippen molar-refractivity contribution in [2.75, 3.05) is 23.3 Å². The maximum Gasteiger partial charge on any atom is 0.261 e. The van der Waals surface area contributed by atoms with Crippen LogP contribution in [-0.2, 0) is 14.8 Å². The minimum Gasteiger partial charge on any atom is -0.495 e. The third kappa shape index (κ3) is 3.61. The molecular weight excluding hydrogens is 340 g/mol. The van der Waals surface area contributed by atoms with E-state index in [1.54, 1.807) is 23.1 Å². The molecule has 0 unspecified atom stereocenters. The van der Waals surface area contributed by atoms with Crippen LogP contribution in [-0.4, -0.2) is 28.0 Å². The van der Waals surface area contributed by atoms with Crippen LogP contribution >= 0.6 is 0 Å². The van der Waals surface area contributed by atoms with Gasteiger partial charge in [-0.1, -0.05) is 17.7 Å². The number of nitrogens with one attached hydrogen (secondary N) is 1. The summed E-state index contributed by atoms with van der Waals surface area (Å²) in [5.41, 5.74) is 2.01. The zero-order valence-corrected chi connectivity index (χ0v) is 15.0. The fourth-order valence-corrected chi connectivity index (χ4v) is 3.86. The molecule has 1 saturated heterocycles. The molecule has 1 heterocycles. The number of carbonyl (C=O) groups is 1. The van der Waals surface area contributed by atoms with Crippen molar-refractivity contribution in [3.05, 3.63) is 48.0 Å². The zero-order valence-electron chi connectivity index (χ0n) is 14.2. The first-order valence-corrected chi connectivity index (χ1v) is 9.47. The highest BCUT2D eigenvalue weighted by atomic mass is 32.2. The molecule has 0 radical (unpaired) electrons. The predicted octanol–water partition coefficient (Wildman–Crippen LogP) is 2.93. The van der Waals surface area contributed by atoms with E-state index in [0.717, 1.165) is 12.0 Å². The van der Waals surface area contributed by atoms with Crippen molar-refractivity contribution in [2.45, 2.75) is 24.7 Å². The summed E-state index contributed by atoms with van der Waals surface area (Å²) in [6.07, 6.45) is 1.21. The number of rotatable bonds is 5. The van der Waals surface area contributed by atoms with Crippen LogP contribution in [0.5, 0.6) is 5.75 Å². The first-order valence-electron chi connectivity index (χ1n) is 7.98. The average molecular weight is 360 g/mol. The predicted molar refractivity (Wildman–Crippen MR) is 96.6 cm³/mol. The third-order valence-corrected chi connectivity index (χ3v) is 5.51. The van der Waals surface area contributed by atoms with E-state index in [9.17, 15) is 13.2 Å². The van der Waals surface area contributed by atoms with Gasteiger partial charge in [-0.05, 0) is 43.7 Å². The van der Waals surface area contributed by atoms with Crippen LogP contribution in [0.4, 0.5) is 11.4 Å². The number of amides is 1. The van der Waals surface area contributed by atoms with Gasteiger partial charge in [-0.15, -0.1) is 0 Å². The van der Waals surface area contributed by atoms with Crippen LogP contribution < -0.4 is 14.4 Å². The summed E-state index contributed by atoms with van der Waals surface area (Å²) < 4.78 is 33.2. The van der Waals surface area contributed by atoms with Gasteiger partial charge in [0.25, 0.3) is 10.0 Å². The quantitative estimate of drug-likeness (QED) is 0.889. The molecule has 1 aliphatic rings. The van der Waals surface area contributed by atoms with Crippen LogP contribution in [0.1, 0.15) is 18.4 Å². The first-order chi connectivity index (χ1) is 11.9. The molecule has 0 aromatic heterocycles. The zero-order chi connectivity index (χ0) is 18.0. The second-order valence-corrected chi connectivity index (χ2v) is 7.64. The number of carbonyl (C=O) groups excluding carboxylic acids is 1. The Morgan fingerprint density at radius 2 is 1.84 bits per heavy atom. The smallest absolute Gasteiger partial charge is 0.261 e. The number of ether oxygens (including phenoxy) is 1. The molecule has 2 aromatic rings. The molecule has 1 aliphatic heterocycles. The van der Waals surface area contributed by atoms with Crippen LogP contribution in [0.25, 0.3) is 0 Å². The van der Waals surface area contributed by atoms with E-state index in [1.165, 1.54) is 19.2 Å². The number of hydrogen-bond donors (Lipinski definition) is 1. The van der Waals surface area contributed by atoms with Gasteiger partial charge < -0.3 is 9.64 Å². The standard InChI is InChI=1S/C18H20N2O4S/c1-13-5-7-14(8-6-13)19-25(22,23)15-9-10-17(24-2)16(12-15)20-11-3-4-18(20)21/h5-10,12,19H,3-4,11H2,1-2H3. The summed E-state index contributed by atoms with van der Waals surface area (Å²) in [7, 11) is -2.27. The lowest BCUT2D eigenvalue weighted by atomic mass is 10.2. The van der Waals surface area contributed by atoms with Crippen LogP contribution in [0.15, 0.2) is 47.4 Å². The molecule has 0 aliphatic carbocycles. The van der Waals surface area contributed by atoms with Crippen molar-refractivity contribution >= 4 is 27.3 Å². The van der Waals surface area contributed by atoms with Gasteiger partial charge in [-0.25, -0.2) is 8.42 Å². The molecular formula is C18H20N2O4S. The monoisotopic (exact) mass is 360 g/mol. The summed E-state index contributed by atoms with van der Waals surface area (Å²) in [4.78, 5) is 13.7. The Labute approximate surface area is 147 Å². The maximum absolute atomic E-state index is 12.7. The summed E-state index contributed by atoms with van der Waals surface area (Å²) in [5, 5.41) is 0. The van der Waals surface area contributed by atoms with Crippen molar-refractivity contribution in [2.24, 2.45) is 0 Å². The Kier molecular flexibility index (Phi) is 4.67. The second kappa shape index (κ2) is 6.76. The van der Waals surface area contributed by atoms with Gasteiger partial charge in [0.2, 0.25) is 5.91 Å². The Morgan fingerprint density at radius 3 is 2.44 bits per heavy atom. The van der Waals surface area contributed by atoms with Gasteiger partial charge in [0.1, 0.15) is 5.75 Å². The molecule has 0 bridgehead atoms. The number of sulfonamides is 1. The van der Waals surface area contributed by atoms with Crippen molar-refractivity contribution in [1.29, 1.82) is 0 Å².